The van der Waals surface area contributed by atoms with Crippen LogP contribution in [0.15, 0.2) is 23.6 Å². The molecule has 88 valence electrons. The molecule has 0 bridgehead atoms. The number of hydrogen-bond donors (Lipinski definition) is 2. The molecule has 3 N–H and O–H groups in total. The van der Waals surface area contributed by atoms with Gasteiger partial charge in [-0.05, 0) is 18.7 Å². The van der Waals surface area contributed by atoms with E-state index in [1.54, 1.807) is 12.4 Å². The lowest BCUT2D eigenvalue weighted by Gasteiger charge is -2.16. The van der Waals surface area contributed by atoms with Crippen LogP contribution in [0.1, 0.15) is 12.0 Å². The van der Waals surface area contributed by atoms with Crippen LogP contribution in [-0.4, -0.2) is 34.5 Å². The second kappa shape index (κ2) is 6.30. The lowest BCUT2D eigenvalue weighted by atomic mass is 10.2. The van der Waals surface area contributed by atoms with Crippen LogP contribution in [0.3, 0.4) is 0 Å². The van der Waals surface area contributed by atoms with Crippen molar-refractivity contribution in [2.24, 2.45) is 10.9 Å². The van der Waals surface area contributed by atoms with Gasteiger partial charge in [0.25, 0.3) is 0 Å². The summed E-state index contributed by atoms with van der Waals surface area (Å²) in [6.45, 7) is 1.41. The Balaban J connectivity index is 2.46. The molecule has 0 amide bonds. The minimum atomic E-state index is 0.229. The van der Waals surface area contributed by atoms with Gasteiger partial charge in [0.15, 0.2) is 0 Å². The average molecular weight is 243 g/mol. The van der Waals surface area contributed by atoms with Crippen molar-refractivity contribution < 1.29 is 5.21 Å². The molecule has 1 aromatic heterocycles. The van der Waals surface area contributed by atoms with Crippen molar-refractivity contribution in [2.75, 3.05) is 13.6 Å². The van der Waals surface area contributed by atoms with E-state index in [0.717, 1.165) is 5.56 Å². The van der Waals surface area contributed by atoms with Gasteiger partial charge in [0.05, 0.1) is 5.02 Å². The van der Waals surface area contributed by atoms with Crippen LogP contribution >= 0.6 is 11.6 Å². The molecular formula is C10H15ClN4O. The Morgan fingerprint density at radius 3 is 3.06 bits per heavy atom. The molecule has 16 heavy (non-hydrogen) atoms. The van der Waals surface area contributed by atoms with Crippen molar-refractivity contribution in [2.45, 2.75) is 13.0 Å². The number of oxime groups is 1. The van der Waals surface area contributed by atoms with Gasteiger partial charge < -0.3 is 15.8 Å². The summed E-state index contributed by atoms with van der Waals surface area (Å²) >= 11 is 5.98. The maximum Gasteiger partial charge on any atom is 0.140 e. The molecule has 6 heteroatoms. The fraction of sp³-hybridized carbons (Fsp3) is 0.400. The summed E-state index contributed by atoms with van der Waals surface area (Å²) in [5, 5.41) is 12.0. The number of aromatic nitrogens is 1. The maximum absolute atomic E-state index is 8.40. The number of halogens is 1. The molecule has 0 aliphatic carbocycles. The van der Waals surface area contributed by atoms with E-state index >= 15 is 0 Å². The zero-order valence-corrected chi connectivity index (χ0v) is 9.85. The Hall–Kier alpha value is -1.33. The summed E-state index contributed by atoms with van der Waals surface area (Å²) < 4.78 is 0. The topological polar surface area (TPSA) is 74.7 Å². The van der Waals surface area contributed by atoms with E-state index < -0.39 is 0 Å². The van der Waals surface area contributed by atoms with E-state index in [4.69, 9.17) is 22.5 Å². The van der Waals surface area contributed by atoms with Crippen molar-refractivity contribution in [3.8, 4) is 0 Å². The fourth-order valence-electron chi connectivity index (χ4n) is 1.26. The summed E-state index contributed by atoms with van der Waals surface area (Å²) in [6, 6.07) is 1.88. The second-order valence-electron chi connectivity index (χ2n) is 3.55. The first-order valence-corrected chi connectivity index (χ1v) is 5.24. The summed E-state index contributed by atoms with van der Waals surface area (Å²) in [6.07, 6.45) is 3.85. The Kier molecular flexibility index (Phi) is 5.01. The van der Waals surface area contributed by atoms with Gasteiger partial charge in [0.1, 0.15) is 5.84 Å². The monoisotopic (exact) mass is 242 g/mol. The van der Waals surface area contributed by atoms with Crippen molar-refractivity contribution in [1.82, 2.24) is 9.88 Å². The largest absolute Gasteiger partial charge is 0.409 e. The highest BCUT2D eigenvalue weighted by atomic mass is 35.5. The molecule has 1 rings (SSSR count). The van der Waals surface area contributed by atoms with Gasteiger partial charge in [-0.3, -0.25) is 4.98 Å². The Bertz CT molecular complexity index is 370. The quantitative estimate of drug-likeness (QED) is 0.353. The van der Waals surface area contributed by atoms with Crippen LogP contribution in [0.25, 0.3) is 0 Å². The molecule has 0 saturated carbocycles. The Labute approximate surface area is 99.5 Å². The third kappa shape index (κ3) is 4.04. The van der Waals surface area contributed by atoms with Crippen molar-refractivity contribution in [3.05, 3.63) is 29.0 Å². The van der Waals surface area contributed by atoms with Crippen molar-refractivity contribution >= 4 is 17.4 Å². The molecule has 0 aromatic carbocycles. The van der Waals surface area contributed by atoms with E-state index in [1.807, 2.05) is 18.0 Å². The molecule has 1 aromatic rings. The highest BCUT2D eigenvalue weighted by Crippen LogP contribution is 2.14. The summed E-state index contributed by atoms with van der Waals surface area (Å²) in [5.74, 6) is 0.229. The zero-order valence-electron chi connectivity index (χ0n) is 9.10. The van der Waals surface area contributed by atoms with E-state index in [1.165, 1.54) is 0 Å². The number of nitrogens with two attached hydrogens (primary N) is 1. The summed E-state index contributed by atoms with van der Waals surface area (Å²) in [5.41, 5.74) is 6.39. The van der Waals surface area contributed by atoms with Crippen LogP contribution in [0.4, 0.5) is 0 Å². The lowest BCUT2D eigenvalue weighted by molar-refractivity contribution is 0.309. The number of hydrogen-bond acceptors (Lipinski definition) is 4. The molecule has 1 heterocycles. The summed E-state index contributed by atoms with van der Waals surface area (Å²) in [4.78, 5) is 5.96. The Morgan fingerprint density at radius 2 is 2.44 bits per heavy atom. The number of amidine groups is 1. The first kappa shape index (κ1) is 12.7. The van der Waals surface area contributed by atoms with Crippen LogP contribution in [-0.2, 0) is 6.54 Å². The smallest absolute Gasteiger partial charge is 0.140 e. The molecule has 0 saturated heterocycles. The van der Waals surface area contributed by atoms with Gasteiger partial charge in [-0.15, -0.1) is 0 Å². The van der Waals surface area contributed by atoms with E-state index in [9.17, 15) is 0 Å². The number of nitrogens with zero attached hydrogens (tertiary/aromatic N) is 3. The number of pyridine rings is 1. The maximum atomic E-state index is 8.40. The third-order valence-corrected chi connectivity index (χ3v) is 2.52. The van der Waals surface area contributed by atoms with Gasteiger partial charge in [0, 0.05) is 31.9 Å². The lowest BCUT2D eigenvalue weighted by Crippen LogP contribution is -2.24. The minimum Gasteiger partial charge on any atom is -0.409 e. The molecule has 5 nitrogen and oxygen atoms in total. The molecule has 0 unspecified atom stereocenters. The van der Waals surface area contributed by atoms with Crippen LogP contribution in [0, 0.1) is 0 Å². The summed E-state index contributed by atoms with van der Waals surface area (Å²) in [7, 11) is 1.95. The standard InChI is InChI=1S/C10H15ClN4O/c1-15(5-3-10(12)14-16)7-8-2-4-13-6-9(8)11/h2,4,6,16H,3,5,7H2,1H3,(H2,12,14). The predicted molar refractivity (Wildman–Crippen MR) is 63.6 cm³/mol. The van der Waals surface area contributed by atoms with Crippen molar-refractivity contribution in [3.63, 3.8) is 0 Å². The van der Waals surface area contributed by atoms with Crippen LogP contribution < -0.4 is 5.73 Å². The zero-order chi connectivity index (χ0) is 12.0. The molecule has 0 atom stereocenters. The van der Waals surface area contributed by atoms with Gasteiger partial charge in [-0.2, -0.15) is 0 Å². The first-order chi connectivity index (χ1) is 7.63. The van der Waals surface area contributed by atoms with Crippen LogP contribution in [0.5, 0.6) is 0 Å². The minimum absolute atomic E-state index is 0.229. The van der Waals surface area contributed by atoms with Crippen molar-refractivity contribution in [1.29, 1.82) is 0 Å². The highest BCUT2D eigenvalue weighted by Gasteiger charge is 2.05. The number of rotatable bonds is 5. The molecule has 0 fully saturated rings. The first-order valence-electron chi connectivity index (χ1n) is 4.87. The molecule has 0 aliphatic rings. The van der Waals surface area contributed by atoms with Gasteiger partial charge in [-0.25, -0.2) is 0 Å². The third-order valence-electron chi connectivity index (χ3n) is 2.17. The molecule has 0 radical (unpaired) electrons. The van der Waals surface area contributed by atoms with E-state index in [-0.39, 0.29) is 5.84 Å². The SMILES string of the molecule is CN(CCC(N)=NO)Cc1ccncc1Cl. The van der Waals surface area contributed by atoms with E-state index in [0.29, 0.717) is 24.5 Å². The average Bonchev–Trinajstić information content (AvgIpc) is 2.29. The van der Waals surface area contributed by atoms with Gasteiger partial charge >= 0.3 is 0 Å². The van der Waals surface area contributed by atoms with Gasteiger partial charge in [-0.1, -0.05) is 16.8 Å². The highest BCUT2D eigenvalue weighted by molar-refractivity contribution is 6.31. The molecule has 0 spiro atoms. The van der Waals surface area contributed by atoms with Gasteiger partial charge in [0.2, 0.25) is 0 Å². The van der Waals surface area contributed by atoms with Crippen LogP contribution in [0.2, 0.25) is 5.02 Å². The molecule has 0 aliphatic heterocycles. The fourth-order valence-corrected chi connectivity index (χ4v) is 1.44. The van der Waals surface area contributed by atoms with E-state index in [2.05, 4.69) is 10.1 Å². The molecular weight excluding hydrogens is 228 g/mol. The predicted octanol–water partition coefficient (Wildman–Crippen LogP) is 1.30. The Morgan fingerprint density at radius 1 is 1.69 bits per heavy atom. The normalized spacial score (nSPS) is 12.1. The second-order valence-corrected chi connectivity index (χ2v) is 3.95.